The fourth-order valence-corrected chi connectivity index (χ4v) is 1.87. The molecule has 3 heteroatoms. The highest BCUT2D eigenvalue weighted by Crippen LogP contribution is 2.24. The van der Waals surface area contributed by atoms with Crippen LogP contribution < -0.4 is 0 Å². The van der Waals surface area contributed by atoms with Gasteiger partial charge in [0.2, 0.25) is 0 Å². The van der Waals surface area contributed by atoms with Crippen molar-refractivity contribution in [3.63, 3.8) is 0 Å². The summed E-state index contributed by atoms with van der Waals surface area (Å²) in [7, 11) is 0. The quantitative estimate of drug-likeness (QED) is 0.648. The molecule has 1 unspecified atom stereocenters. The molecule has 76 valence electrons. The summed E-state index contributed by atoms with van der Waals surface area (Å²) in [6.07, 6.45) is 2.97. The molecule has 0 aliphatic carbocycles. The van der Waals surface area contributed by atoms with Crippen molar-refractivity contribution in [2.75, 3.05) is 6.54 Å². The number of likely N-dealkylation sites (tertiary alicyclic amines) is 1. The molecule has 2 nitrogen and oxygen atoms in total. The largest absolute Gasteiger partial charge is 0.337 e. The van der Waals surface area contributed by atoms with Crippen LogP contribution in [0.3, 0.4) is 0 Å². The van der Waals surface area contributed by atoms with Gasteiger partial charge in [-0.2, -0.15) is 0 Å². The van der Waals surface area contributed by atoms with Crippen LogP contribution in [0.1, 0.15) is 40.0 Å². The minimum atomic E-state index is -1.71. The van der Waals surface area contributed by atoms with Gasteiger partial charge in [0.1, 0.15) is 0 Å². The highest BCUT2D eigenvalue weighted by Gasteiger charge is 2.36. The highest BCUT2D eigenvalue weighted by atomic mass is 19.1. The van der Waals surface area contributed by atoms with E-state index in [1.165, 1.54) is 13.8 Å². The smallest absolute Gasteiger partial charge is 0.259 e. The van der Waals surface area contributed by atoms with Crippen molar-refractivity contribution in [1.29, 1.82) is 0 Å². The summed E-state index contributed by atoms with van der Waals surface area (Å²) >= 11 is 0. The van der Waals surface area contributed by atoms with Crippen molar-refractivity contribution < 1.29 is 9.18 Å². The van der Waals surface area contributed by atoms with Crippen LogP contribution in [0.15, 0.2) is 0 Å². The van der Waals surface area contributed by atoms with E-state index in [2.05, 4.69) is 0 Å². The third-order valence-corrected chi connectivity index (χ3v) is 2.62. The van der Waals surface area contributed by atoms with Gasteiger partial charge in [-0.05, 0) is 33.1 Å². The maximum absolute atomic E-state index is 13.4. The number of nitrogens with zero attached hydrogens (tertiary/aromatic N) is 1. The number of hydrogen-bond donors (Lipinski definition) is 0. The molecule has 1 rings (SSSR count). The number of alkyl halides is 1. The SMILES string of the molecule is CCC1CCCN1C(=O)C(C)(C)F. The first kappa shape index (κ1) is 10.5. The minimum absolute atomic E-state index is 0.266. The summed E-state index contributed by atoms with van der Waals surface area (Å²) in [5, 5.41) is 0. The van der Waals surface area contributed by atoms with E-state index >= 15 is 0 Å². The topological polar surface area (TPSA) is 20.3 Å². The number of carbonyl (C=O) groups is 1. The summed E-state index contributed by atoms with van der Waals surface area (Å²) < 4.78 is 13.4. The van der Waals surface area contributed by atoms with Gasteiger partial charge in [0.25, 0.3) is 5.91 Å². The Hall–Kier alpha value is -0.600. The van der Waals surface area contributed by atoms with E-state index in [1.807, 2.05) is 6.92 Å². The molecule has 0 aromatic heterocycles. The van der Waals surface area contributed by atoms with Gasteiger partial charge in [-0.25, -0.2) is 4.39 Å². The normalized spacial score (nSPS) is 23.7. The molecule has 0 aromatic rings. The van der Waals surface area contributed by atoms with Gasteiger partial charge in [0.15, 0.2) is 5.67 Å². The molecule has 0 saturated carbocycles. The second-order valence-electron chi connectivity index (χ2n) is 4.18. The van der Waals surface area contributed by atoms with Crippen molar-refractivity contribution in [2.24, 2.45) is 0 Å². The third kappa shape index (κ3) is 2.20. The number of carbonyl (C=O) groups excluding carboxylic acids is 1. The second-order valence-corrected chi connectivity index (χ2v) is 4.18. The molecule has 1 aliphatic heterocycles. The molecule has 1 fully saturated rings. The van der Waals surface area contributed by atoms with Gasteiger partial charge < -0.3 is 4.90 Å². The van der Waals surface area contributed by atoms with Crippen molar-refractivity contribution in [3.05, 3.63) is 0 Å². The monoisotopic (exact) mass is 187 g/mol. The zero-order valence-corrected chi connectivity index (χ0v) is 8.64. The van der Waals surface area contributed by atoms with Crippen LogP contribution in [-0.2, 0) is 4.79 Å². The van der Waals surface area contributed by atoms with Crippen molar-refractivity contribution >= 4 is 5.91 Å². The van der Waals surface area contributed by atoms with Gasteiger partial charge in [0, 0.05) is 12.6 Å². The predicted molar refractivity (Wildman–Crippen MR) is 50.2 cm³/mol. The maximum Gasteiger partial charge on any atom is 0.259 e. The Morgan fingerprint density at radius 2 is 2.23 bits per heavy atom. The Balaban J connectivity index is 2.66. The van der Waals surface area contributed by atoms with E-state index in [1.54, 1.807) is 4.90 Å². The van der Waals surface area contributed by atoms with Crippen LogP contribution >= 0.6 is 0 Å². The Bertz CT molecular complexity index is 198. The van der Waals surface area contributed by atoms with Crippen LogP contribution in [0.25, 0.3) is 0 Å². The second kappa shape index (κ2) is 3.64. The number of amides is 1. The molecular weight excluding hydrogens is 169 g/mol. The fourth-order valence-electron chi connectivity index (χ4n) is 1.87. The van der Waals surface area contributed by atoms with Gasteiger partial charge in [-0.3, -0.25) is 4.79 Å². The van der Waals surface area contributed by atoms with E-state index < -0.39 is 5.67 Å². The van der Waals surface area contributed by atoms with E-state index in [0.717, 1.165) is 25.8 Å². The molecule has 1 atom stereocenters. The molecular formula is C10H18FNO. The Morgan fingerprint density at radius 3 is 2.69 bits per heavy atom. The lowest BCUT2D eigenvalue weighted by Gasteiger charge is -2.28. The lowest BCUT2D eigenvalue weighted by Crippen LogP contribution is -2.44. The van der Waals surface area contributed by atoms with Crippen LogP contribution in [0.2, 0.25) is 0 Å². The van der Waals surface area contributed by atoms with Crippen molar-refractivity contribution in [2.45, 2.75) is 51.7 Å². The van der Waals surface area contributed by atoms with Crippen LogP contribution in [-0.4, -0.2) is 29.1 Å². The third-order valence-electron chi connectivity index (χ3n) is 2.62. The van der Waals surface area contributed by atoms with E-state index in [9.17, 15) is 9.18 Å². The average molecular weight is 187 g/mol. The molecule has 1 heterocycles. The average Bonchev–Trinajstić information content (AvgIpc) is 2.48. The minimum Gasteiger partial charge on any atom is -0.337 e. The first-order valence-corrected chi connectivity index (χ1v) is 4.96. The fraction of sp³-hybridized carbons (Fsp3) is 0.900. The molecule has 13 heavy (non-hydrogen) atoms. The Kier molecular flexibility index (Phi) is 2.94. The van der Waals surface area contributed by atoms with E-state index in [0.29, 0.717) is 0 Å². The molecule has 1 aliphatic rings. The number of hydrogen-bond acceptors (Lipinski definition) is 1. The first-order valence-electron chi connectivity index (χ1n) is 4.96. The Morgan fingerprint density at radius 1 is 1.62 bits per heavy atom. The molecule has 0 N–H and O–H groups in total. The highest BCUT2D eigenvalue weighted by molar-refractivity contribution is 5.84. The predicted octanol–water partition coefficient (Wildman–Crippen LogP) is 2.14. The lowest BCUT2D eigenvalue weighted by molar-refractivity contribution is -0.142. The van der Waals surface area contributed by atoms with Crippen LogP contribution in [0.5, 0.6) is 0 Å². The molecule has 0 radical (unpaired) electrons. The summed E-state index contributed by atoms with van der Waals surface area (Å²) in [6.45, 7) is 5.44. The van der Waals surface area contributed by atoms with Gasteiger partial charge in [-0.1, -0.05) is 6.92 Å². The van der Waals surface area contributed by atoms with Crippen molar-refractivity contribution in [3.8, 4) is 0 Å². The zero-order valence-electron chi connectivity index (χ0n) is 8.64. The molecule has 0 spiro atoms. The zero-order chi connectivity index (χ0) is 10.1. The lowest BCUT2D eigenvalue weighted by atomic mass is 10.1. The van der Waals surface area contributed by atoms with E-state index in [-0.39, 0.29) is 11.9 Å². The van der Waals surface area contributed by atoms with Crippen molar-refractivity contribution in [1.82, 2.24) is 4.90 Å². The van der Waals surface area contributed by atoms with Gasteiger partial charge >= 0.3 is 0 Å². The van der Waals surface area contributed by atoms with Gasteiger partial charge in [0.05, 0.1) is 0 Å². The van der Waals surface area contributed by atoms with Crippen LogP contribution in [0.4, 0.5) is 4.39 Å². The van der Waals surface area contributed by atoms with Gasteiger partial charge in [-0.15, -0.1) is 0 Å². The number of halogens is 1. The summed E-state index contributed by atoms with van der Waals surface area (Å²) in [5.74, 6) is -0.350. The molecule has 0 aromatic carbocycles. The number of rotatable bonds is 2. The van der Waals surface area contributed by atoms with Crippen LogP contribution in [0, 0.1) is 0 Å². The maximum atomic E-state index is 13.4. The Labute approximate surface area is 79.1 Å². The molecule has 1 amide bonds. The summed E-state index contributed by atoms with van der Waals surface area (Å²) in [6, 6.07) is 0.266. The molecule has 0 bridgehead atoms. The first-order chi connectivity index (χ1) is 5.96. The van der Waals surface area contributed by atoms with E-state index in [4.69, 9.17) is 0 Å². The standard InChI is InChI=1S/C10H18FNO/c1-4-8-6-5-7-12(8)9(13)10(2,3)11/h8H,4-7H2,1-3H3. The summed E-state index contributed by atoms with van der Waals surface area (Å²) in [5.41, 5.74) is -1.71. The summed E-state index contributed by atoms with van der Waals surface area (Å²) in [4.78, 5) is 13.3. The molecule has 1 saturated heterocycles.